The molecule has 0 aromatic heterocycles. The molecule has 7 heavy (non-hydrogen) atoms. The zero-order chi connectivity index (χ0) is 5.91. The zero-order valence-electron chi connectivity index (χ0n) is 2.83. The molecule has 0 aliphatic rings. The summed E-state index contributed by atoms with van der Waals surface area (Å²) in [6.07, 6.45) is 0. The van der Waals surface area contributed by atoms with Crippen LogP contribution in [0.1, 0.15) is 0 Å². The van der Waals surface area contributed by atoms with Gasteiger partial charge in [0.2, 0.25) is 0 Å². The molecule has 0 unspecified atom stereocenters. The third-order valence-electron chi connectivity index (χ3n) is 0.180. The van der Waals surface area contributed by atoms with Gasteiger partial charge in [-0.25, -0.2) is 0 Å². The van der Waals surface area contributed by atoms with E-state index in [1.807, 2.05) is 0 Å². The molecule has 0 saturated carbocycles. The maximum absolute atomic E-state index is 5.17. The Labute approximate surface area is 63.3 Å². The first-order valence-corrected chi connectivity index (χ1v) is 11.3. The average molecular weight is 293 g/mol. The van der Waals surface area contributed by atoms with E-state index < -0.39 is 17.0 Å². The predicted molar refractivity (Wildman–Crippen MR) is 31.3 cm³/mol. The van der Waals surface area contributed by atoms with E-state index in [2.05, 4.69) is 5.25 Å². The molecule has 0 aromatic carbocycles. The average Bonchev–Trinajstić information content (AvgIpc) is 1.68. The molecular formula is Cl4O2Sn. The molecule has 0 rings (SSSR count). The van der Waals surface area contributed by atoms with Crippen LogP contribution in [0, 0.1) is 0 Å². The van der Waals surface area contributed by atoms with Crippen LogP contribution in [0.2, 0.25) is 0 Å². The van der Waals surface area contributed by atoms with Gasteiger partial charge in [0, 0.05) is 0 Å². The minimum absolute atomic E-state index is 3.81. The summed E-state index contributed by atoms with van der Waals surface area (Å²) in [5, 5.41) is 0. The second-order valence-corrected chi connectivity index (χ2v) is 14.2. The van der Waals surface area contributed by atoms with Crippen molar-refractivity contribution in [1.29, 1.82) is 0 Å². The summed E-state index contributed by atoms with van der Waals surface area (Å²) < 4.78 is 7.89. The first-order valence-electron chi connectivity index (χ1n) is 1.09. The van der Waals surface area contributed by atoms with E-state index in [4.69, 9.17) is 41.6 Å². The molecule has 2 nitrogen and oxygen atoms in total. The maximum atomic E-state index is 5.17. The van der Waals surface area contributed by atoms with Crippen molar-refractivity contribution in [2.45, 2.75) is 0 Å². The molecule has 0 spiro atoms. The van der Waals surface area contributed by atoms with E-state index in [0.717, 1.165) is 0 Å². The van der Waals surface area contributed by atoms with E-state index in [1.54, 1.807) is 0 Å². The van der Waals surface area contributed by atoms with Crippen molar-refractivity contribution in [1.82, 2.24) is 0 Å². The van der Waals surface area contributed by atoms with Gasteiger partial charge >= 0.3 is 63.8 Å². The van der Waals surface area contributed by atoms with Gasteiger partial charge in [0.1, 0.15) is 0 Å². The quantitative estimate of drug-likeness (QED) is 0.727. The first kappa shape index (κ1) is 8.88. The topological polar surface area (TPSA) is 18.5 Å². The summed E-state index contributed by atoms with van der Waals surface area (Å²) in [4.78, 5) is 0. The summed E-state index contributed by atoms with van der Waals surface area (Å²) >= 11 is 5.62. The summed E-state index contributed by atoms with van der Waals surface area (Å²) in [5.41, 5.74) is 0. The third kappa shape index (κ3) is 4.39. The van der Waals surface area contributed by atoms with Crippen LogP contribution in [0.3, 0.4) is 0 Å². The molecule has 0 aliphatic heterocycles. The van der Waals surface area contributed by atoms with E-state index in [1.165, 1.54) is 0 Å². The van der Waals surface area contributed by atoms with Gasteiger partial charge in [-0.2, -0.15) is 0 Å². The standard InChI is InChI=1S/2ClO.2ClH.Sn/c2*1-2;;;/h;;2*1H;/q2*-1;;;+4/p-2. The van der Waals surface area contributed by atoms with Crippen LogP contribution in [-0.4, -0.2) is 17.0 Å². The van der Waals surface area contributed by atoms with Gasteiger partial charge in [0.05, 0.1) is 0 Å². The molecule has 0 radical (unpaired) electrons. The molecule has 0 aliphatic carbocycles. The number of rotatable bonds is 2. The Morgan fingerprint density at radius 2 is 1.29 bits per heavy atom. The van der Waals surface area contributed by atoms with Gasteiger partial charge in [-0.15, -0.1) is 0 Å². The summed E-state index contributed by atoms with van der Waals surface area (Å²) in [7, 11) is 10.3. The van der Waals surface area contributed by atoms with Gasteiger partial charge in [0.15, 0.2) is 0 Å². The van der Waals surface area contributed by atoms with E-state index in [9.17, 15) is 0 Å². The van der Waals surface area contributed by atoms with E-state index >= 15 is 0 Å². The van der Waals surface area contributed by atoms with Crippen molar-refractivity contribution >= 4 is 58.5 Å². The Balaban J connectivity index is 3.36. The van der Waals surface area contributed by atoms with Crippen molar-refractivity contribution < 1.29 is 5.25 Å². The van der Waals surface area contributed by atoms with Crippen LogP contribution >= 0.6 is 41.6 Å². The normalized spacial score (nSPS) is 12.0. The number of hydrogen-bond acceptors (Lipinski definition) is 2. The summed E-state index contributed by atoms with van der Waals surface area (Å²) in [5.74, 6) is 0. The molecule has 0 aromatic rings. The van der Waals surface area contributed by atoms with Crippen LogP contribution in [0.15, 0.2) is 0 Å². The molecule has 0 N–H and O–H groups in total. The fourth-order valence-electron chi connectivity index (χ4n) is 0.0119. The van der Waals surface area contributed by atoms with Crippen molar-refractivity contribution in [3.63, 3.8) is 0 Å². The molecule has 0 amide bonds. The second kappa shape index (κ2) is 3.82. The number of hydrogen-bond donors (Lipinski definition) is 0. The van der Waals surface area contributed by atoms with Gasteiger partial charge in [0.25, 0.3) is 0 Å². The molecule has 0 bridgehead atoms. The SMILES string of the molecule is Cl[O][Sn]([Cl])([Cl])[O]Cl. The molecule has 44 valence electrons. The Morgan fingerprint density at radius 1 is 1.00 bits per heavy atom. The molecular weight excluding hydrogens is 293 g/mol. The minimum atomic E-state index is -3.81. The van der Waals surface area contributed by atoms with Crippen LogP contribution in [0.4, 0.5) is 0 Å². The first-order chi connectivity index (χ1) is 3.12. The molecule has 0 heterocycles. The summed E-state index contributed by atoms with van der Waals surface area (Å²) in [6, 6.07) is 0. The van der Waals surface area contributed by atoms with Crippen molar-refractivity contribution in [2.75, 3.05) is 0 Å². The van der Waals surface area contributed by atoms with Gasteiger partial charge in [-0.05, 0) is 0 Å². The van der Waals surface area contributed by atoms with Crippen LogP contribution in [0.25, 0.3) is 0 Å². The Morgan fingerprint density at radius 3 is 1.29 bits per heavy atom. The molecule has 0 saturated heterocycles. The van der Waals surface area contributed by atoms with Crippen LogP contribution < -0.4 is 0 Å². The van der Waals surface area contributed by atoms with Crippen molar-refractivity contribution in [3.8, 4) is 0 Å². The molecule has 0 fully saturated rings. The fraction of sp³-hybridized carbons (Fsp3) is 0. The Bertz CT molecular complexity index is 47.7. The molecule has 7 heteroatoms. The van der Waals surface area contributed by atoms with Gasteiger partial charge in [-0.1, -0.05) is 0 Å². The van der Waals surface area contributed by atoms with Crippen LogP contribution in [0.5, 0.6) is 0 Å². The van der Waals surface area contributed by atoms with Gasteiger partial charge in [-0.3, -0.25) is 0 Å². The fourth-order valence-corrected chi connectivity index (χ4v) is 0.719. The van der Waals surface area contributed by atoms with Crippen LogP contribution in [-0.2, 0) is 5.25 Å². The predicted octanol–water partition coefficient (Wildman–Crippen LogP) is 2.24. The second-order valence-electron chi connectivity index (χ2n) is 0.618. The Kier molecular flexibility index (Phi) is 4.85. The number of halogens is 4. The van der Waals surface area contributed by atoms with Crippen molar-refractivity contribution in [3.05, 3.63) is 0 Å². The van der Waals surface area contributed by atoms with Gasteiger partial charge < -0.3 is 0 Å². The summed E-state index contributed by atoms with van der Waals surface area (Å²) in [6.45, 7) is 0. The van der Waals surface area contributed by atoms with Crippen molar-refractivity contribution in [2.24, 2.45) is 0 Å². The van der Waals surface area contributed by atoms with E-state index in [0.29, 0.717) is 0 Å². The van der Waals surface area contributed by atoms with E-state index in [-0.39, 0.29) is 0 Å². The molecule has 0 atom stereocenters. The monoisotopic (exact) mass is 292 g/mol. The Hall–Kier alpha value is 1.88. The third-order valence-corrected chi connectivity index (χ3v) is 8.31. The zero-order valence-corrected chi connectivity index (χ0v) is 8.71.